The van der Waals surface area contributed by atoms with E-state index in [1.807, 2.05) is 6.92 Å². The summed E-state index contributed by atoms with van der Waals surface area (Å²) in [6.45, 7) is 1.85. The van der Waals surface area contributed by atoms with Gasteiger partial charge in [0.25, 0.3) is 5.91 Å². The first kappa shape index (κ1) is 16.4. The predicted molar refractivity (Wildman–Crippen MR) is 90.4 cm³/mol. The molecule has 126 valence electrons. The van der Waals surface area contributed by atoms with Gasteiger partial charge in [-0.1, -0.05) is 30.3 Å². The van der Waals surface area contributed by atoms with Gasteiger partial charge < -0.3 is 10.4 Å². The summed E-state index contributed by atoms with van der Waals surface area (Å²) in [7, 11) is 0. The molecule has 1 aromatic heterocycles. The number of carboxylic acid groups (broad SMARTS) is 1. The predicted octanol–water partition coefficient (Wildman–Crippen LogP) is 2.13. The normalized spacial score (nSPS) is 11.7. The van der Waals surface area contributed by atoms with Crippen LogP contribution in [0.2, 0.25) is 0 Å². The van der Waals surface area contributed by atoms with Crippen molar-refractivity contribution in [3.05, 3.63) is 77.9 Å². The Labute approximate surface area is 143 Å². The van der Waals surface area contributed by atoms with Crippen LogP contribution in [0, 0.1) is 6.92 Å². The zero-order valence-corrected chi connectivity index (χ0v) is 13.5. The smallest absolute Gasteiger partial charge is 0.330 e. The second kappa shape index (κ2) is 6.96. The Bertz CT molecular complexity index is 892. The van der Waals surface area contributed by atoms with E-state index < -0.39 is 17.9 Å². The topological polar surface area (TPSA) is 97.1 Å². The summed E-state index contributed by atoms with van der Waals surface area (Å²) in [5, 5.41) is 16.0. The van der Waals surface area contributed by atoms with E-state index in [-0.39, 0.29) is 0 Å². The highest BCUT2D eigenvalue weighted by molar-refractivity contribution is 5.97. The largest absolute Gasteiger partial charge is 0.479 e. The van der Waals surface area contributed by atoms with Gasteiger partial charge in [0.05, 0.1) is 5.69 Å². The van der Waals surface area contributed by atoms with Gasteiger partial charge in [0.15, 0.2) is 6.04 Å². The van der Waals surface area contributed by atoms with E-state index in [2.05, 4.69) is 15.4 Å². The maximum absolute atomic E-state index is 12.5. The average Bonchev–Trinajstić information content (AvgIpc) is 3.14. The zero-order chi connectivity index (χ0) is 17.8. The second-order valence-electron chi connectivity index (χ2n) is 5.50. The van der Waals surface area contributed by atoms with Crippen LogP contribution in [0.5, 0.6) is 0 Å². The number of nitrogens with zero attached hydrogens (tertiary/aromatic N) is 3. The van der Waals surface area contributed by atoms with Crippen LogP contribution in [0.15, 0.2) is 61.2 Å². The van der Waals surface area contributed by atoms with Gasteiger partial charge in [-0.25, -0.2) is 14.5 Å². The Morgan fingerprint density at radius 1 is 1.16 bits per heavy atom. The van der Waals surface area contributed by atoms with Gasteiger partial charge in [-0.3, -0.25) is 4.79 Å². The summed E-state index contributed by atoms with van der Waals surface area (Å²) in [5.41, 5.74) is 2.51. The van der Waals surface area contributed by atoms with Crippen LogP contribution in [-0.4, -0.2) is 31.7 Å². The Morgan fingerprint density at radius 3 is 2.52 bits per heavy atom. The molecule has 3 aromatic rings. The molecule has 1 heterocycles. The van der Waals surface area contributed by atoms with Crippen molar-refractivity contribution in [3.63, 3.8) is 0 Å². The molecule has 7 heteroatoms. The third kappa shape index (κ3) is 3.55. The molecule has 0 aliphatic rings. The van der Waals surface area contributed by atoms with E-state index in [1.54, 1.807) is 59.5 Å². The fraction of sp³-hybridized carbons (Fsp3) is 0.111. The van der Waals surface area contributed by atoms with Gasteiger partial charge in [0.1, 0.15) is 12.7 Å². The zero-order valence-electron chi connectivity index (χ0n) is 13.5. The van der Waals surface area contributed by atoms with Gasteiger partial charge in [0, 0.05) is 5.56 Å². The number of aryl methyl sites for hydroxylation is 1. The minimum atomic E-state index is -1.12. The van der Waals surface area contributed by atoms with Gasteiger partial charge in [-0.15, -0.1) is 0 Å². The number of benzene rings is 2. The van der Waals surface area contributed by atoms with Crippen molar-refractivity contribution < 1.29 is 14.7 Å². The van der Waals surface area contributed by atoms with Crippen molar-refractivity contribution in [2.75, 3.05) is 0 Å². The van der Waals surface area contributed by atoms with Crippen LogP contribution < -0.4 is 5.32 Å². The number of aromatic nitrogens is 3. The van der Waals surface area contributed by atoms with E-state index in [0.29, 0.717) is 11.1 Å². The number of carboxylic acids is 1. The van der Waals surface area contributed by atoms with Crippen molar-refractivity contribution in [3.8, 4) is 5.69 Å². The second-order valence-corrected chi connectivity index (χ2v) is 5.50. The summed E-state index contributed by atoms with van der Waals surface area (Å²) in [4.78, 5) is 27.9. The minimum Gasteiger partial charge on any atom is -0.479 e. The molecule has 0 saturated heterocycles. The number of hydrogen-bond donors (Lipinski definition) is 2. The SMILES string of the molecule is Cc1cc(C(=O)N[C@H](C(=O)O)c2ccccc2)ccc1-n1cncn1. The summed E-state index contributed by atoms with van der Waals surface area (Å²) in [6.07, 6.45) is 3.00. The van der Waals surface area contributed by atoms with Crippen molar-refractivity contribution in [1.29, 1.82) is 0 Å². The van der Waals surface area contributed by atoms with E-state index >= 15 is 0 Å². The molecule has 1 atom stereocenters. The molecule has 7 nitrogen and oxygen atoms in total. The molecule has 2 N–H and O–H groups in total. The maximum Gasteiger partial charge on any atom is 0.330 e. The quantitative estimate of drug-likeness (QED) is 0.744. The molecule has 25 heavy (non-hydrogen) atoms. The molecule has 0 fully saturated rings. The highest BCUT2D eigenvalue weighted by Gasteiger charge is 2.22. The number of carbonyl (C=O) groups excluding carboxylic acids is 1. The number of nitrogens with one attached hydrogen (secondary N) is 1. The molecule has 0 saturated carbocycles. The lowest BCUT2D eigenvalue weighted by Gasteiger charge is -2.15. The monoisotopic (exact) mass is 336 g/mol. The Balaban J connectivity index is 1.83. The van der Waals surface area contributed by atoms with Crippen LogP contribution in [0.1, 0.15) is 27.5 Å². The van der Waals surface area contributed by atoms with Crippen molar-refractivity contribution in [1.82, 2.24) is 20.1 Å². The number of aliphatic carboxylic acids is 1. The van der Waals surface area contributed by atoms with Gasteiger partial charge >= 0.3 is 5.97 Å². The molecule has 0 radical (unpaired) electrons. The van der Waals surface area contributed by atoms with E-state index in [1.165, 1.54) is 6.33 Å². The third-order valence-corrected chi connectivity index (χ3v) is 3.78. The van der Waals surface area contributed by atoms with Crippen LogP contribution in [0.25, 0.3) is 5.69 Å². The highest BCUT2D eigenvalue weighted by Crippen LogP contribution is 2.17. The number of carbonyl (C=O) groups is 2. The summed E-state index contributed by atoms with van der Waals surface area (Å²) < 4.78 is 1.60. The van der Waals surface area contributed by atoms with Crippen molar-refractivity contribution >= 4 is 11.9 Å². The van der Waals surface area contributed by atoms with Crippen molar-refractivity contribution in [2.24, 2.45) is 0 Å². The molecule has 0 bridgehead atoms. The Morgan fingerprint density at radius 2 is 1.92 bits per heavy atom. The van der Waals surface area contributed by atoms with Gasteiger partial charge in [-0.2, -0.15) is 5.10 Å². The third-order valence-electron chi connectivity index (χ3n) is 3.78. The van der Waals surface area contributed by atoms with E-state index in [9.17, 15) is 14.7 Å². The first-order valence-electron chi connectivity index (χ1n) is 7.60. The van der Waals surface area contributed by atoms with E-state index in [4.69, 9.17) is 0 Å². The highest BCUT2D eigenvalue weighted by atomic mass is 16.4. The first-order valence-corrected chi connectivity index (χ1v) is 7.60. The first-order chi connectivity index (χ1) is 12.1. The number of amides is 1. The molecule has 0 aliphatic heterocycles. The molecule has 3 rings (SSSR count). The van der Waals surface area contributed by atoms with E-state index in [0.717, 1.165) is 11.3 Å². The lowest BCUT2D eigenvalue weighted by atomic mass is 10.1. The lowest BCUT2D eigenvalue weighted by molar-refractivity contribution is -0.139. The van der Waals surface area contributed by atoms with Crippen LogP contribution in [0.4, 0.5) is 0 Å². The van der Waals surface area contributed by atoms with Gasteiger partial charge in [-0.05, 0) is 36.2 Å². The molecular weight excluding hydrogens is 320 g/mol. The minimum absolute atomic E-state index is 0.378. The standard InChI is InChI=1S/C18H16N4O3/c1-12-9-14(7-8-15(12)22-11-19-10-20-22)17(23)21-16(18(24)25)13-5-3-2-4-6-13/h2-11,16H,1H3,(H,21,23)(H,24,25)/t16-/m0/s1. The molecule has 0 aliphatic carbocycles. The molecule has 0 spiro atoms. The molecule has 2 aromatic carbocycles. The molecule has 0 unspecified atom stereocenters. The number of hydrogen-bond acceptors (Lipinski definition) is 4. The summed E-state index contributed by atoms with van der Waals surface area (Å²) >= 11 is 0. The average molecular weight is 336 g/mol. The fourth-order valence-electron chi connectivity index (χ4n) is 2.53. The van der Waals surface area contributed by atoms with Crippen molar-refractivity contribution in [2.45, 2.75) is 13.0 Å². The lowest BCUT2D eigenvalue weighted by Crippen LogP contribution is -2.33. The number of rotatable bonds is 5. The van der Waals surface area contributed by atoms with Gasteiger partial charge in [0.2, 0.25) is 0 Å². The summed E-state index contributed by atoms with van der Waals surface area (Å²) in [5.74, 6) is -1.57. The molecule has 1 amide bonds. The van der Waals surface area contributed by atoms with Crippen LogP contribution in [-0.2, 0) is 4.79 Å². The Kier molecular flexibility index (Phi) is 4.56. The van der Waals surface area contributed by atoms with Crippen LogP contribution >= 0.6 is 0 Å². The maximum atomic E-state index is 12.5. The Hall–Kier alpha value is -3.48. The fourth-order valence-corrected chi connectivity index (χ4v) is 2.53. The summed E-state index contributed by atoms with van der Waals surface area (Å²) in [6, 6.07) is 12.5. The van der Waals surface area contributed by atoms with Crippen LogP contribution in [0.3, 0.4) is 0 Å². The molecular formula is C18H16N4O3.